The summed E-state index contributed by atoms with van der Waals surface area (Å²) in [6, 6.07) is 7.11. The van der Waals surface area contributed by atoms with E-state index in [4.69, 9.17) is 4.18 Å². The van der Waals surface area contributed by atoms with Crippen molar-refractivity contribution in [3.8, 4) is 11.5 Å². The van der Waals surface area contributed by atoms with Crippen LogP contribution in [0.1, 0.15) is 26.2 Å². The SMILES string of the molecule is CCCCCOS(=O)(=O)c1ccc2cc(O)c(O)cc2c1. The molecule has 6 heteroatoms. The maximum absolute atomic E-state index is 12.1. The average molecular weight is 310 g/mol. The molecule has 21 heavy (non-hydrogen) atoms. The van der Waals surface area contributed by atoms with Gasteiger partial charge < -0.3 is 10.2 Å². The van der Waals surface area contributed by atoms with Crippen molar-refractivity contribution in [1.82, 2.24) is 0 Å². The summed E-state index contributed by atoms with van der Waals surface area (Å²) in [6.45, 7) is 2.19. The third-order valence-electron chi connectivity index (χ3n) is 3.18. The van der Waals surface area contributed by atoms with Crippen molar-refractivity contribution in [3.05, 3.63) is 30.3 Å². The lowest BCUT2D eigenvalue weighted by molar-refractivity contribution is 0.308. The molecule has 0 fully saturated rings. The second-order valence-corrected chi connectivity index (χ2v) is 6.45. The Labute approximate surface area is 123 Å². The van der Waals surface area contributed by atoms with E-state index in [2.05, 4.69) is 0 Å². The summed E-state index contributed by atoms with van der Waals surface area (Å²) in [4.78, 5) is 0.0385. The molecule has 114 valence electrons. The van der Waals surface area contributed by atoms with Gasteiger partial charge in [0.15, 0.2) is 11.5 Å². The van der Waals surface area contributed by atoms with Gasteiger partial charge in [0, 0.05) is 0 Å². The molecule has 0 aliphatic carbocycles. The fourth-order valence-electron chi connectivity index (χ4n) is 2.00. The molecule has 0 aliphatic rings. The lowest BCUT2D eigenvalue weighted by atomic mass is 10.1. The zero-order valence-corrected chi connectivity index (χ0v) is 12.6. The first-order chi connectivity index (χ1) is 9.94. The van der Waals surface area contributed by atoms with Crippen molar-refractivity contribution >= 4 is 20.9 Å². The minimum Gasteiger partial charge on any atom is -0.504 e. The highest BCUT2D eigenvalue weighted by Gasteiger charge is 2.16. The summed E-state index contributed by atoms with van der Waals surface area (Å²) in [6.07, 6.45) is 2.60. The van der Waals surface area contributed by atoms with Gasteiger partial charge in [-0.25, -0.2) is 0 Å². The Morgan fingerprint density at radius 2 is 1.67 bits per heavy atom. The van der Waals surface area contributed by atoms with E-state index in [1.807, 2.05) is 6.92 Å². The molecule has 0 heterocycles. The first-order valence-corrected chi connectivity index (χ1v) is 8.20. The molecular formula is C15H18O5S. The second-order valence-electron chi connectivity index (χ2n) is 4.83. The predicted molar refractivity (Wildman–Crippen MR) is 79.9 cm³/mol. The maximum Gasteiger partial charge on any atom is 0.296 e. The maximum atomic E-state index is 12.1. The Morgan fingerprint density at radius 1 is 1.00 bits per heavy atom. The zero-order valence-electron chi connectivity index (χ0n) is 11.7. The third kappa shape index (κ3) is 3.65. The highest BCUT2D eigenvalue weighted by Crippen LogP contribution is 2.31. The van der Waals surface area contributed by atoms with Crippen LogP contribution in [0.5, 0.6) is 11.5 Å². The lowest BCUT2D eigenvalue weighted by Crippen LogP contribution is -2.07. The fourth-order valence-corrected chi connectivity index (χ4v) is 2.98. The van der Waals surface area contributed by atoms with Crippen LogP contribution in [0.2, 0.25) is 0 Å². The van der Waals surface area contributed by atoms with Gasteiger partial charge in [-0.2, -0.15) is 8.42 Å². The number of unbranched alkanes of at least 4 members (excludes halogenated alkanes) is 2. The average Bonchev–Trinajstić information content (AvgIpc) is 2.44. The Bertz CT molecular complexity index is 737. The van der Waals surface area contributed by atoms with Crippen molar-refractivity contribution in [1.29, 1.82) is 0 Å². The minimum atomic E-state index is -3.80. The molecule has 0 saturated heterocycles. The smallest absolute Gasteiger partial charge is 0.296 e. The summed E-state index contributed by atoms with van der Waals surface area (Å²) in [5.74, 6) is -0.533. The quantitative estimate of drug-likeness (QED) is 0.486. The Kier molecular flexibility index (Phi) is 4.69. The molecule has 0 aromatic heterocycles. The number of benzene rings is 2. The molecule has 0 aliphatic heterocycles. The number of phenolic OH excluding ortho intramolecular Hbond substituents is 2. The monoisotopic (exact) mass is 310 g/mol. The summed E-state index contributed by atoms with van der Waals surface area (Å²) < 4.78 is 29.1. The molecular weight excluding hydrogens is 292 g/mol. The molecule has 0 spiro atoms. The van der Waals surface area contributed by atoms with Crippen molar-refractivity contribution in [2.75, 3.05) is 6.61 Å². The van der Waals surface area contributed by atoms with E-state index < -0.39 is 10.1 Å². The van der Waals surface area contributed by atoms with Crippen LogP contribution in [0.15, 0.2) is 35.2 Å². The van der Waals surface area contributed by atoms with E-state index in [-0.39, 0.29) is 23.0 Å². The van der Waals surface area contributed by atoms with Crippen LogP contribution in [-0.2, 0) is 14.3 Å². The predicted octanol–water partition coefficient (Wildman–Crippen LogP) is 3.15. The lowest BCUT2D eigenvalue weighted by Gasteiger charge is -2.07. The van der Waals surface area contributed by atoms with Crippen LogP contribution in [0.4, 0.5) is 0 Å². The van der Waals surface area contributed by atoms with Gasteiger partial charge in [-0.15, -0.1) is 0 Å². The largest absolute Gasteiger partial charge is 0.504 e. The standard InChI is InChI=1S/C15H18O5S/c1-2-3-4-7-20-21(18,19)13-6-5-11-9-14(16)15(17)10-12(11)8-13/h5-6,8-10,16-17H,2-4,7H2,1H3. The summed E-state index contributed by atoms with van der Waals surface area (Å²) in [5, 5.41) is 20.1. The number of fused-ring (bicyclic) bond motifs is 1. The Morgan fingerprint density at radius 3 is 2.33 bits per heavy atom. The number of hydrogen-bond donors (Lipinski definition) is 2. The van der Waals surface area contributed by atoms with Crippen LogP contribution in [-0.4, -0.2) is 25.2 Å². The van der Waals surface area contributed by atoms with Crippen molar-refractivity contribution in [2.24, 2.45) is 0 Å². The molecule has 2 aromatic rings. The Balaban J connectivity index is 2.27. The van der Waals surface area contributed by atoms with E-state index in [0.29, 0.717) is 17.2 Å². The molecule has 0 amide bonds. The van der Waals surface area contributed by atoms with Crippen LogP contribution >= 0.6 is 0 Å². The van der Waals surface area contributed by atoms with Crippen LogP contribution in [0, 0.1) is 0 Å². The van der Waals surface area contributed by atoms with Gasteiger partial charge in [-0.3, -0.25) is 4.18 Å². The van der Waals surface area contributed by atoms with E-state index in [1.54, 1.807) is 6.07 Å². The highest BCUT2D eigenvalue weighted by molar-refractivity contribution is 7.86. The van der Waals surface area contributed by atoms with E-state index in [1.165, 1.54) is 24.3 Å². The third-order valence-corrected chi connectivity index (χ3v) is 4.49. The van der Waals surface area contributed by atoms with E-state index >= 15 is 0 Å². The number of hydrogen-bond acceptors (Lipinski definition) is 5. The van der Waals surface area contributed by atoms with Crippen LogP contribution in [0.25, 0.3) is 10.8 Å². The molecule has 0 unspecified atom stereocenters. The first kappa shape index (κ1) is 15.6. The van der Waals surface area contributed by atoms with Gasteiger partial charge in [0.1, 0.15) is 0 Å². The Hall–Kier alpha value is -1.79. The molecule has 0 saturated carbocycles. The summed E-state index contributed by atoms with van der Waals surface area (Å²) >= 11 is 0. The molecule has 2 N–H and O–H groups in total. The molecule has 2 aromatic carbocycles. The minimum absolute atomic E-state index is 0.0385. The fraction of sp³-hybridized carbons (Fsp3) is 0.333. The molecule has 0 bridgehead atoms. The van der Waals surface area contributed by atoms with Gasteiger partial charge in [0.25, 0.3) is 10.1 Å². The van der Waals surface area contributed by atoms with E-state index in [0.717, 1.165) is 12.8 Å². The van der Waals surface area contributed by atoms with Gasteiger partial charge in [0.2, 0.25) is 0 Å². The summed E-state index contributed by atoms with van der Waals surface area (Å²) in [5.41, 5.74) is 0. The van der Waals surface area contributed by atoms with Crippen molar-refractivity contribution in [3.63, 3.8) is 0 Å². The zero-order chi connectivity index (χ0) is 15.5. The number of phenols is 2. The topological polar surface area (TPSA) is 83.8 Å². The second kappa shape index (κ2) is 6.32. The number of aromatic hydroxyl groups is 2. The van der Waals surface area contributed by atoms with Gasteiger partial charge in [0.05, 0.1) is 11.5 Å². The molecule has 0 atom stereocenters. The molecule has 2 rings (SSSR count). The highest BCUT2D eigenvalue weighted by atomic mass is 32.2. The molecule has 0 radical (unpaired) electrons. The van der Waals surface area contributed by atoms with Gasteiger partial charge >= 0.3 is 0 Å². The van der Waals surface area contributed by atoms with Crippen LogP contribution < -0.4 is 0 Å². The van der Waals surface area contributed by atoms with E-state index in [9.17, 15) is 18.6 Å². The van der Waals surface area contributed by atoms with Crippen molar-refractivity contribution < 1.29 is 22.8 Å². The van der Waals surface area contributed by atoms with Crippen molar-refractivity contribution in [2.45, 2.75) is 31.1 Å². The van der Waals surface area contributed by atoms with Gasteiger partial charge in [-0.1, -0.05) is 25.8 Å². The first-order valence-electron chi connectivity index (χ1n) is 6.79. The normalized spacial score (nSPS) is 11.9. The van der Waals surface area contributed by atoms with Crippen LogP contribution in [0.3, 0.4) is 0 Å². The summed E-state index contributed by atoms with van der Waals surface area (Å²) in [7, 11) is -3.80. The number of rotatable bonds is 6. The molecule has 5 nitrogen and oxygen atoms in total. The van der Waals surface area contributed by atoms with Gasteiger partial charge in [-0.05, 0) is 41.5 Å².